The fourth-order valence-corrected chi connectivity index (χ4v) is 2.24. The van der Waals surface area contributed by atoms with Crippen molar-refractivity contribution >= 4 is 34.9 Å². The van der Waals surface area contributed by atoms with Gasteiger partial charge in [0.15, 0.2) is 0 Å². The Labute approximate surface area is 122 Å². The van der Waals surface area contributed by atoms with E-state index in [1.807, 2.05) is 0 Å². The number of aliphatic hydroxyl groups is 1. The van der Waals surface area contributed by atoms with Gasteiger partial charge in [0.05, 0.1) is 35.3 Å². The third kappa shape index (κ3) is 4.29. The van der Waals surface area contributed by atoms with Gasteiger partial charge in [-0.1, -0.05) is 0 Å². The summed E-state index contributed by atoms with van der Waals surface area (Å²) in [4.78, 5) is 31.5. The van der Waals surface area contributed by atoms with Gasteiger partial charge in [0.1, 0.15) is 4.90 Å². The maximum atomic E-state index is 11.2. The predicted octanol–water partition coefficient (Wildman–Crippen LogP) is 1.77. The van der Waals surface area contributed by atoms with Gasteiger partial charge >= 0.3 is 6.09 Å². The first-order chi connectivity index (χ1) is 9.90. The largest absolute Gasteiger partial charge is 0.453 e. The van der Waals surface area contributed by atoms with E-state index in [4.69, 9.17) is 5.11 Å². The summed E-state index contributed by atoms with van der Waals surface area (Å²) in [6.45, 7) is -0.253. The summed E-state index contributed by atoms with van der Waals surface area (Å²) < 4.78 is 4.37. The Bertz CT molecular complexity index is 578. The standard InChI is InChI=1S/C10H11N3O7S/c1-20-10(15)11-7-4-6(12(16)17)5-8(13(18)19)9(7)21-3-2-14/h4-5,14H,2-3H2,1H3,(H,11,15). The van der Waals surface area contributed by atoms with E-state index in [2.05, 4.69) is 10.1 Å². The van der Waals surface area contributed by atoms with Crippen molar-refractivity contribution in [1.29, 1.82) is 0 Å². The van der Waals surface area contributed by atoms with E-state index in [0.29, 0.717) is 0 Å². The summed E-state index contributed by atoms with van der Waals surface area (Å²) in [5.74, 6) is 0.120. The summed E-state index contributed by atoms with van der Waals surface area (Å²) in [6, 6.07) is 1.78. The fourth-order valence-electron chi connectivity index (χ4n) is 1.39. The van der Waals surface area contributed by atoms with E-state index < -0.39 is 27.3 Å². The van der Waals surface area contributed by atoms with Crippen molar-refractivity contribution in [2.45, 2.75) is 4.90 Å². The van der Waals surface area contributed by atoms with E-state index in [1.165, 1.54) is 0 Å². The van der Waals surface area contributed by atoms with Crippen LogP contribution in [0.5, 0.6) is 0 Å². The van der Waals surface area contributed by atoms with Crippen LogP contribution in [0.2, 0.25) is 0 Å². The minimum Gasteiger partial charge on any atom is -0.453 e. The number of carbonyl (C=O) groups excluding carboxylic acids is 1. The van der Waals surface area contributed by atoms with Crippen LogP contribution in [0.4, 0.5) is 21.9 Å². The second kappa shape index (κ2) is 7.40. The molecule has 0 heterocycles. The monoisotopic (exact) mass is 317 g/mol. The minimum atomic E-state index is -0.921. The molecule has 0 saturated carbocycles. The van der Waals surface area contributed by atoms with Gasteiger partial charge in [-0.05, 0) is 0 Å². The molecule has 0 radical (unpaired) electrons. The molecule has 0 fully saturated rings. The summed E-state index contributed by atoms with van der Waals surface area (Å²) >= 11 is 0.890. The van der Waals surface area contributed by atoms with E-state index in [1.54, 1.807) is 0 Å². The Kier molecular flexibility index (Phi) is 5.87. The molecule has 0 bridgehead atoms. The van der Waals surface area contributed by atoms with Crippen molar-refractivity contribution in [1.82, 2.24) is 0 Å². The van der Waals surface area contributed by atoms with E-state index in [0.717, 1.165) is 31.0 Å². The van der Waals surface area contributed by atoms with E-state index in [9.17, 15) is 25.0 Å². The first-order valence-electron chi connectivity index (χ1n) is 5.46. The lowest BCUT2D eigenvalue weighted by Gasteiger charge is -2.10. The molecule has 11 heteroatoms. The highest BCUT2D eigenvalue weighted by Crippen LogP contribution is 2.39. The lowest BCUT2D eigenvalue weighted by atomic mass is 10.2. The number of amides is 1. The van der Waals surface area contributed by atoms with Gasteiger partial charge in [-0.15, -0.1) is 11.8 Å². The normalized spacial score (nSPS) is 10.0. The highest BCUT2D eigenvalue weighted by atomic mass is 32.2. The third-order valence-electron chi connectivity index (χ3n) is 2.22. The van der Waals surface area contributed by atoms with Crippen molar-refractivity contribution in [3.63, 3.8) is 0 Å². The number of benzene rings is 1. The number of aliphatic hydroxyl groups excluding tert-OH is 1. The van der Waals surface area contributed by atoms with Crippen molar-refractivity contribution in [3.05, 3.63) is 32.4 Å². The number of thioether (sulfide) groups is 1. The maximum Gasteiger partial charge on any atom is 0.411 e. The van der Waals surface area contributed by atoms with Crippen molar-refractivity contribution < 1.29 is 24.5 Å². The molecule has 0 saturated heterocycles. The zero-order chi connectivity index (χ0) is 16.0. The summed E-state index contributed by atoms with van der Waals surface area (Å²) in [6.07, 6.45) is -0.921. The van der Waals surface area contributed by atoms with Crippen LogP contribution in [-0.2, 0) is 4.74 Å². The van der Waals surface area contributed by atoms with Crippen molar-refractivity contribution in [2.24, 2.45) is 0 Å². The van der Waals surface area contributed by atoms with Crippen LogP contribution >= 0.6 is 11.8 Å². The number of nitro groups is 2. The predicted molar refractivity (Wildman–Crippen MR) is 73.6 cm³/mol. The summed E-state index contributed by atoms with van der Waals surface area (Å²) in [7, 11) is 1.08. The quantitative estimate of drug-likeness (QED) is 0.458. The van der Waals surface area contributed by atoms with Gasteiger partial charge < -0.3 is 9.84 Å². The van der Waals surface area contributed by atoms with Gasteiger partial charge in [-0.25, -0.2) is 4.79 Å². The highest BCUT2D eigenvalue weighted by molar-refractivity contribution is 7.99. The Morgan fingerprint density at radius 1 is 1.38 bits per heavy atom. The van der Waals surface area contributed by atoms with Crippen LogP contribution in [0.3, 0.4) is 0 Å². The molecular formula is C10H11N3O7S. The molecule has 0 aliphatic rings. The van der Waals surface area contributed by atoms with Crippen LogP contribution in [0, 0.1) is 20.2 Å². The number of non-ortho nitro benzene ring substituents is 1. The molecule has 0 aliphatic heterocycles. The molecule has 2 N–H and O–H groups in total. The number of anilines is 1. The number of nitro benzene ring substituents is 2. The molecule has 0 unspecified atom stereocenters. The number of carbonyl (C=O) groups is 1. The van der Waals surface area contributed by atoms with Gasteiger partial charge in [-0.2, -0.15) is 0 Å². The Balaban J connectivity index is 3.41. The molecule has 1 rings (SSSR count). The van der Waals surface area contributed by atoms with E-state index >= 15 is 0 Å². The Morgan fingerprint density at radius 3 is 2.52 bits per heavy atom. The van der Waals surface area contributed by atoms with Gasteiger partial charge in [-0.3, -0.25) is 25.5 Å². The molecule has 21 heavy (non-hydrogen) atoms. The second-order valence-corrected chi connectivity index (χ2v) is 4.65. The van der Waals surface area contributed by atoms with Crippen molar-refractivity contribution in [2.75, 3.05) is 24.8 Å². The number of ether oxygens (including phenoxy) is 1. The average Bonchev–Trinajstić information content (AvgIpc) is 2.44. The third-order valence-corrected chi connectivity index (χ3v) is 3.33. The van der Waals surface area contributed by atoms with Gasteiger partial charge in [0.25, 0.3) is 11.4 Å². The van der Waals surface area contributed by atoms with Gasteiger partial charge in [0.2, 0.25) is 0 Å². The molecule has 114 valence electrons. The molecule has 0 spiro atoms. The minimum absolute atomic E-state index is 0.00468. The first kappa shape index (κ1) is 16.7. The molecule has 0 aliphatic carbocycles. The Morgan fingerprint density at radius 2 is 2.05 bits per heavy atom. The smallest absolute Gasteiger partial charge is 0.411 e. The van der Waals surface area contributed by atoms with Crippen LogP contribution in [0.1, 0.15) is 0 Å². The number of hydrogen-bond acceptors (Lipinski definition) is 8. The molecule has 0 atom stereocenters. The molecule has 1 aromatic carbocycles. The van der Waals surface area contributed by atoms with E-state index in [-0.39, 0.29) is 22.9 Å². The Hall–Kier alpha value is -2.40. The van der Waals surface area contributed by atoms with Crippen LogP contribution in [0.15, 0.2) is 17.0 Å². The van der Waals surface area contributed by atoms with Crippen LogP contribution in [-0.4, -0.2) is 40.5 Å². The van der Waals surface area contributed by atoms with Crippen LogP contribution < -0.4 is 5.32 Å². The van der Waals surface area contributed by atoms with Crippen LogP contribution in [0.25, 0.3) is 0 Å². The SMILES string of the molecule is COC(=O)Nc1cc([N+](=O)[O-])cc([N+](=O)[O-])c1SCCO. The molecular weight excluding hydrogens is 306 g/mol. The number of nitrogens with zero attached hydrogens (tertiary/aromatic N) is 2. The molecule has 1 amide bonds. The van der Waals surface area contributed by atoms with Crippen molar-refractivity contribution in [3.8, 4) is 0 Å². The molecule has 0 aromatic heterocycles. The molecule has 1 aromatic rings. The summed E-state index contributed by atoms with van der Waals surface area (Å²) in [5, 5.41) is 32.8. The zero-order valence-electron chi connectivity index (χ0n) is 10.8. The number of nitrogens with one attached hydrogen (secondary N) is 1. The number of hydrogen-bond donors (Lipinski definition) is 2. The number of rotatable bonds is 6. The lowest BCUT2D eigenvalue weighted by Crippen LogP contribution is -2.12. The first-order valence-corrected chi connectivity index (χ1v) is 6.44. The lowest BCUT2D eigenvalue weighted by molar-refractivity contribution is -0.395. The zero-order valence-corrected chi connectivity index (χ0v) is 11.6. The molecule has 10 nitrogen and oxygen atoms in total. The van der Waals surface area contributed by atoms with Gasteiger partial charge in [0, 0.05) is 11.8 Å². The second-order valence-electron chi connectivity index (χ2n) is 3.54. The number of methoxy groups -OCH3 is 1. The summed E-state index contributed by atoms with van der Waals surface area (Å²) in [5.41, 5.74) is -1.20. The highest BCUT2D eigenvalue weighted by Gasteiger charge is 2.25. The topological polar surface area (TPSA) is 145 Å². The maximum absolute atomic E-state index is 11.2. The fraction of sp³-hybridized carbons (Fsp3) is 0.300. The average molecular weight is 317 g/mol.